The van der Waals surface area contributed by atoms with Crippen LogP contribution < -0.4 is 56.1 Å². The van der Waals surface area contributed by atoms with E-state index in [1.807, 2.05) is 0 Å². The van der Waals surface area contributed by atoms with E-state index in [1.165, 1.54) is 4.57 Å². The first kappa shape index (κ1) is 21.1. The van der Waals surface area contributed by atoms with Crippen molar-refractivity contribution < 1.29 is 72.2 Å². The van der Waals surface area contributed by atoms with Crippen molar-refractivity contribution in [3.63, 3.8) is 0 Å². The van der Waals surface area contributed by atoms with Crippen LogP contribution in [0.4, 0.5) is 0 Å². The Balaban J connectivity index is 0.00000182. The zero-order valence-corrected chi connectivity index (χ0v) is 18.6. The zero-order chi connectivity index (χ0) is 18.1. The zero-order valence-electron chi connectivity index (χ0n) is 15.7. The third-order valence-corrected chi connectivity index (χ3v) is 4.42. The van der Waals surface area contributed by atoms with Crippen LogP contribution in [0, 0.1) is 6.92 Å². The third kappa shape index (κ3) is 4.06. The molecule has 3 rings (SSSR count). The van der Waals surface area contributed by atoms with Crippen LogP contribution in [0.25, 0.3) is 10.9 Å². The Kier molecular flexibility index (Phi) is 7.07. The standard InChI is InChI=1S/C19H16ClNO4.K.H/c1-11-15(10-18(22)23)16-9-14(25-2)7-8-17(16)21(11)19(24)12-3-5-13(20)6-4-12;;/h3-9H,10H2,1-2H3,(H,22,23);;/q;+1;-1. The number of methoxy groups -OCH3 is 1. The van der Waals surface area contributed by atoms with Crippen LogP contribution in [0.3, 0.4) is 0 Å². The van der Waals surface area contributed by atoms with Crippen molar-refractivity contribution in [1.29, 1.82) is 0 Å². The number of carbonyl (C=O) groups excluding carboxylic acids is 1. The van der Waals surface area contributed by atoms with Crippen molar-refractivity contribution in [3.05, 3.63) is 64.3 Å². The summed E-state index contributed by atoms with van der Waals surface area (Å²) in [6, 6.07) is 11.9. The van der Waals surface area contributed by atoms with Gasteiger partial charge in [-0.1, -0.05) is 11.6 Å². The van der Waals surface area contributed by atoms with Gasteiger partial charge in [0.05, 0.1) is 19.0 Å². The summed E-state index contributed by atoms with van der Waals surface area (Å²) < 4.78 is 6.77. The van der Waals surface area contributed by atoms with Crippen LogP contribution >= 0.6 is 11.6 Å². The predicted molar refractivity (Wildman–Crippen MR) is 96.9 cm³/mol. The van der Waals surface area contributed by atoms with Gasteiger partial charge in [0.2, 0.25) is 0 Å². The fourth-order valence-electron chi connectivity index (χ4n) is 2.95. The van der Waals surface area contributed by atoms with E-state index >= 15 is 0 Å². The minimum absolute atomic E-state index is 0. The number of nitrogens with zero attached hydrogens (tertiary/aromatic N) is 1. The summed E-state index contributed by atoms with van der Waals surface area (Å²) in [6.45, 7) is 1.75. The van der Waals surface area contributed by atoms with Gasteiger partial charge in [-0.05, 0) is 55.0 Å². The molecule has 3 aromatic rings. The number of carboxylic acids is 1. The van der Waals surface area contributed by atoms with Gasteiger partial charge in [0.15, 0.2) is 0 Å². The van der Waals surface area contributed by atoms with Gasteiger partial charge in [-0.15, -0.1) is 0 Å². The molecular weight excluding hydrogens is 381 g/mol. The maximum absolute atomic E-state index is 13.0. The van der Waals surface area contributed by atoms with Crippen molar-refractivity contribution in [2.24, 2.45) is 0 Å². The molecule has 0 saturated carbocycles. The topological polar surface area (TPSA) is 68.5 Å². The Bertz CT molecular complexity index is 986. The number of carbonyl (C=O) groups is 2. The van der Waals surface area contributed by atoms with Gasteiger partial charge >= 0.3 is 57.4 Å². The Morgan fingerprint density at radius 1 is 1.19 bits per heavy atom. The largest absolute Gasteiger partial charge is 1.00 e. The van der Waals surface area contributed by atoms with Crippen molar-refractivity contribution in [2.75, 3.05) is 7.11 Å². The summed E-state index contributed by atoms with van der Waals surface area (Å²) >= 11 is 5.89. The second-order valence-electron chi connectivity index (χ2n) is 5.67. The molecule has 0 amide bonds. The minimum atomic E-state index is -0.955. The second kappa shape index (κ2) is 8.69. The molecule has 5 nitrogen and oxygen atoms in total. The van der Waals surface area contributed by atoms with Crippen LogP contribution in [0.5, 0.6) is 5.75 Å². The van der Waals surface area contributed by atoms with E-state index < -0.39 is 5.97 Å². The predicted octanol–water partition coefficient (Wildman–Crippen LogP) is 1.04. The summed E-state index contributed by atoms with van der Waals surface area (Å²) in [5.41, 5.74) is 2.32. The molecule has 0 unspecified atom stereocenters. The van der Waals surface area contributed by atoms with E-state index in [-0.39, 0.29) is 65.1 Å². The first-order valence-electron chi connectivity index (χ1n) is 7.62. The molecule has 1 aromatic heterocycles. The molecule has 130 valence electrons. The molecule has 0 atom stereocenters. The molecule has 7 heteroatoms. The molecule has 2 aromatic carbocycles. The van der Waals surface area contributed by atoms with Crippen LogP contribution in [0.1, 0.15) is 23.0 Å². The maximum atomic E-state index is 13.0. The van der Waals surface area contributed by atoms with Crippen LogP contribution in [-0.2, 0) is 11.2 Å². The Hall–Kier alpha value is -1.15. The Morgan fingerprint density at radius 3 is 2.42 bits per heavy atom. The van der Waals surface area contributed by atoms with Gasteiger partial charge in [0, 0.05) is 21.7 Å². The monoisotopic (exact) mass is 397 g/mol. The number of aliphatic carboxylic acids is 1. The van der Waals surface area contributed by atoms with Crippen molar-refractivity contribution in [1.82, 2.24) is 4.57 Å². The van der Waals surface area contributed by atoms with Crippen molar-refractivity contribution >= 4 is 34.4 Å². The Morgan fingerprint density at radius 2 is 1.85 bits per heavy atom. The average molecular weight is 398 g/mol. The van der Waals surface area contributed by atoms with Gasteiger partial charge in [-0.3, -0.25) is 14.2 Å². The quantitative estimate of drug-likeness (QED) is 0.668. The molecule has 0 aliphatic rings. The smallest absolute Gasteiger partial charge is 1.00 e. The number of hydrogen-bond acceptors (Lipinski definition) is 3. The van der Waals surface area contributed by atoms with Gasteiger partial charge < -0.3 is 11.3 Å². The molecule has 1 heterocycles. The summed E-state index contributed by atoms with van der Waals surface area (Å²) in [6.07, 6.45) is -0.170. The van der Waals surface area contributed by atoms with Gasteiger partial charge in [-0.25, -0.2) is 0 Å². The first-order valence-corrected chi connectivity index (χ1v) is 8.00. The van der Waals surface area contributed by atoms with E-state index in [1.54, 1.807) is 56.5 Å². The van der Waals surface area contributed by atoms with Crippen LogP contribution in [0.2, 0.25) is 5.02 Å². The SMILES string of the molecule is COc1ccc2c(c1)c(CC(=O)O)c(C)n2C(=O)c1ccc(Cl)cc1.[H-].[K+]. The number of ether oxygens (including phenoxy) is 1. The number of carboxylic acid groups (broad SMARTS) is 1. The molecule has 0 fully saturated rings. The molecule has 0 aliphatic carbocycles. The molecular formula is C19H17ClKNO4. The summed E-state index contributed by atoms with van der Waals surface area (Å²) in [7, 11) is 1.54. The third-order valence-electron chi connectivity index (χ3n) is 4.16. The first-order chi connectivity index (χ1) is 11.9. The van der Waals surface area contributed by atoms with Gasteiger partial charge in [0.25, 0.3) is 5.91 Å². The second-order valence-corrected chi connectivity index (χ2v) is 6.10. The molecule has 0 bridgehead atoms. The van der Waals surface area contributed by atoms with Crippen LogP contribution in [0.15, 0.2) is 42.5 Å². The molecule has 0 spiro atoms. The summed E-state index contributed by atoms with van der Waals surface area (Å²) in [5, 5.41) is 10.5. The maximum Gasteiger partial charge on any atom is 1.00 e. The van der Waals surface area contributed by atoms with E-state index in [4.69, 9.17) is 16.3 Å². The number of fused-ring (bicyclic) bond motifs is 1. The van der Waals surface area contributed by atoms with E-state index in [0.717, 1.165) is 0 Å². The summed E-state index contributed by atoms with van der Waals surface area (Å²) in [4.78, 5) is 24.3. The number of halogens is 1. The molecule has 0 saturated heterocycles. The van der Waals surface area contributed by atoms with Gasteiger partial charge in [-0.2, -0.15) is 0 Å². The molecule has 1 N–H and O–H groups in total. The molecule has 0 radical (unpaired) electrons. The molecule has 26 heavy (non-hydrogen) atoms. The fraction of sp³-hybridized carbons (Fsp3) is 0.158. The van der Waals surface area contributed by atoms with Gasteiger partial charge in [0.1, 0.15) is 5.75 Å². The van der Waals surface area contributed by atoms with Crippen molar-refractivity contribution in [3.8, 4) is 5.75 Å². The fourth-order valence-corrected chi connectivity index (χ4v) is 3.07. The number of hydrogen-bond donors (Lipinski definition) is 1. The van der Waals surface area contributed by atoms with Crippen molar-refractivity contribution in [2.45, 2.75) is 13.3 Å². The average Bonchev–Trinajstić information content (AvgIpc) is 2.86. The van der Waals surface area contributed by atoms with E-state index in [9.17, 15) is 14.7 Å². The van der Waals surface area contributed by atoms with Crippen LogP contribution in [-0.4, -0.2) is 28.7 Å². The van der Waals surface area contributed by atoms with E-state index in [0.29, 0.717) is 38.5 Å². The number of aromatic nitrogens is 1. The van der Waals surface area contributed by atoms with E-state index in [2.05, 4.69) is 0 Å². The minimum Gasteiger partial charge on any atom is -1.00 e. The summed E-state index contributed by atoms with van der Waals surface area (Å²) in [5.74, 6) is -0.583. The Labute approximate surface area is 199 Å². The number of benzene rings is 2. The normalized spacial score (nSPS) is 10.4. The number of rotatable bonds is 4. The molecule has 0 aliphatic heterocycles.